The van der Waals surface area contributed by atoms with E-state index >= 15 is 0 Å². The van der Waals surface area contributed by atoms with Gasteiger partial charge in [-0.2, -0.15) is 0 Å². The molecule has 0 amide bonds. The van der Waals surface area contributed by atoms with Crippen molar-refractivity contribution in [3.63, 3.8) is 0 Å². The maximum atomic E-state index is 12.3. The van der Waals surface area contributed by atoms with Crippen LogP contribution in [0.25, 0.3) is 0 Å². The summed E-state index contributed by atoms with van der Waals surface area (Å²) in [7, 11) is 0. The number of ether oxygens (including phenoxy) is 1. The highest BCUT2D eigenvalue weighted by molar-refractivity contribution is 6.41. The molecule has 0 aromatic heterocycles. The van der Waals surface area contributed by atoms with Crippen molar-refractivity contribution in [3.8, 4) is 0 Å². The Morgan fingerprint density at radius 2 is 1.09 bits per heavy atom. The fourth-order valence-electron chi connectivity index (χ4n) is 2.23. The Morgan fingerprint density at radius 3 is 1.50 bits per heavy atom. The zero-order chi connectivity index (χ0) is 24.5. The number of esters is 2. The Bertz CT molecular complexity index is 1210. The monoisotopic (exact) mass is 508 g/mol. The third kappa shape index (κ3) is 4.53. The average Bonchev–Trinajstić information content (AvgIpc) is 2.66. The summed E-state index contributed by atoms with van der Waals surface area (Å²) >= 11 is 16.8. The summed E-state index contributed by atoms with van der Waals surface area (Å²) in [5, 5.41) is 41.3. The number of carbonyl (C=O) groups is 2. The van der Waals surface area contributed by atoms with Gasteiger partial charge in [-0.3, -0.25) is 40.5 Å². The van der Waals surface area contributed by atoms with E-state index in [1.54, 1.807) is 0 Å². The van der Waals surface area contributed by atoms with Crippen LogP contribution in [0.4, 0.5) is 22.7 Å². The van der Waals surface area contributed by atoms with Gasteiger partial charge in [-0.25, -0.2) is 9.59 Å². The summed E-state index contributed by atoms with van der Waals surface area (Å²) in [6.07, 6.45) is 0. The third-order valence-corrected chi connectivity index (χ3v) is 4.75. The summed E-state index contributed by atoms with van der Waals surface area (Å²) in [5.74, 6) is -3.43. The van der Waals surface area contributed by atoms with Crippen molar-refractivity contribution < 1.29 is 34.0 Å². The van der Waals surface area contributed by atoms with Crippen LogP contribution >= 0.6 is 34.8 Å². The number of benzene rings is 2. The van der Waals surface area contributed by atoms with E-state index < -0.39 is 80.6 Å². The molecule has 0 saturated carbocycles. The molecule has 0 spiro atoms. The fraction of sp³-hybridized carbons (Fsp3) is 0. The number of carbonyl (C=O) groups excluding carboxylic acids is 2. The van der Waals surface area contributed by atoms with Gasteiger partial charge in [0.25, 0.3) is 17.1 Å². The minimum absolute atomic E-state index is 0.403. The lowest BCUT2D eigenvalue weighted by Crippen LogP contribution is -2.15. The van der Waals surface area contributed by atoms with Crippen LogP contribution in [0.2, 0.25) is 15.1 Å². The van der Waals surface area contributed by atoms with Crippen LogP contribution in [0.1, 0.15) is 20.7 Å². The lowest BCUT2D eigenvalue weighted by Gasteiger charge is -2.07. The van der Waals surface area contributed by atoms with Crippen molar-refractivity contribution in [1.29, 1.82) is 0 Å². The molecular weight excluding hydrogens is 507 g/mol. The van der Waals surface area contributed by atoms with Crippen molar-refractivity contribution in [3.05, 3.63) is 84.9 Å². The van der Waals surface area contributed by atoms with E-state index in [4.69, 9.17) is 34.8 Å². The van der Waals surface area contributed by atoms with Crippen molar-refractivity contribution in [2.24, 2.45) is 0 Å². The highest BCUT2D eigenvalue weighted by Gasteiger charge is 2.34. The fourth-order valence-corrected chi connectivity index (χ4v) is 3.10. The lowest BCUT2D eigenvalue weighted by molar-refractivity contribution is -0.394. The lowest BCUT2D eigenvalue weighted by atomic mass is 10.1. The molecule has 0 N–H and O–H groups in total. The third-order valence-electron chi connectivity index (χ3n) is 3.61. The normalized spacial score (nSPS) is 10.3. The van der Waals surface area contributed by atoms with Crippen LogP contribution < -0.4 is 0 Å². The summed E-state index contributed by atoms with van der Waals surface area (Å²) < 4.78 is 4.38. The first kappa shape index (κ1) is 24.3. The Morgan fingerprint density at radius 1 is 0.656 bits per heavy atom. The maximum absolute atomic E-state index is 12.3. The van der Waals surface area contributed by atoms with Crippen LogP contribution in [-0.2, 0) is 4.74 Å². The molecule has 0 bridgehead atoms. The van der Waals surface area contributed by atoms with Crippen molar-refractivity contribution in [2.75, 3.05) is 0 Å². The van der Waals surface area contributed by atoms with E-state index in [1.165, 1.54) is 0 Å². The molecule has 0 aliphatic rings. The van der Waals surface area contributed by atoms with Crippen molar-refractivity contribution in [1.82, 2.24) is 0 Å². The van der Waals surface area contributed by atoms with E-state index in [9.17, 15) is 50.0 Å². The summed E-state index contributed by atoms with van der Waals surface area (Å²) in [5.41, 5.74) is -6.33. The Balaban J connectivity index is 2.56. The molecule has 0 fully saturated rings. The molecule has 0 saturated heterocycles. The number of hydrogen-bond acceptors (Lipinski definition) is 11. The van der Waals surface area contributed by atoms with Gasteiger partial charge in [0, 0.05) is 18.2 Å². The van der Waals surface area contributed by atoms with E-state index in [2.05, 4.69) is 4.74 Å². The molecule has 2 aromatic rings. The molecule has 2 aromatic carbocycles. The second-order valence-electron chi connectivity index (χ2n) is 5.45. The number of halogens is 3. The predicted molar refractivity (Wildman–Crippen MR) is 104 cm³/mol. The smallest absolute Gasteiger partial charge is 0.348 e. The zero-order valence-electron chi connectivity index (χ0n) is 14.6. The molecule has 15 nitrogen and oxygen atoms in total. The highest BCUT2D eigenvalue weighted by atomic mass is 35.5. The van der Waals surface area contributed by atoms with Crippen LogP contribution in [0.5, 0.6) is 0 Å². The molecule has 0 aliphatic carbocycles. The number of rotatable bonds is 6. The van der Waals surface area contributed by atoms with E-state index in [0.29, 0.717) is 18.2 Å². The molecule has 0 atom stereocenters. The standard InChI is InChI=1S/C14H3Cl3N4O11/c15-9-5(3-8(20(28)29)11(17)12(9)21(30)31)14(23)32-13(22)4-1-6(18(24)25)10(16)7(2-4)19(26)27/h1-3H. The number of nitrogens with zero attached hydrogens (tertiary/aromatic N) is 4. The second kappa shape index (κ2) is 9.04. The van der Waals surface area contributed by atoms with Gasteiger partial charge < -0.3 is 4.74 Å². The summed E-state index contributed by atoms with van der Waals surface area (Å²) in [6.45, 7) is 0. The van der Waals surface area contributed by atoms with Crippen LogP contribution in [0.15, 0.2) is 18.2 Å². The minimum atomic E-state index is -1.75. The second-order valence-corrected chi connectivity index (χ2v) is 6.59. The van der Waals surface area contributed by atoms with Crippen LogP contribution in [0, 0.1) is 40.5 Å². The van der Waals surface area contributed by atoms with Gasteiger partial charge in [-0.15, -0.1) is 0 Å². The number of nitro groups is 4. The summed E-state index contributed by atoms with van der Waals surface area (Å²) in [4.78, 5) is 64.1. The molecule has 0 heterocycles. The molecule has 0 unspecified atom stereocenters. The van der Waals surface area contributed by atoms with E-state index in [1.807, 2.05) is 0 Å². The number of nitro benzene ring substituents is 4. The Hall–Kier alpha value is -3.95. The Labute approximate surface area is 188 Å². The van der Waals surface area contributed by atoms with Crippen LogP contribution in [-0.4, -0.2) is 31.6 Å². The minimum Gasteiger partial charge on any atom is -0.386 e. The predicted octanol–water partition coefficient (Wildman–Crippen LogP) is 4.28. The highest BCUT2D eigenvalue weighted by Crippen LogP contribution is 2.42. The van der Waals surface area contributed by atoms with Crippen LogP contribution in [0.3, 0.4) is 0 Å². The molecule has 2 rings (SSSR count). The SMILES string of the molecule is O=C(OC(=O)c1cc([N+](=O)[O-])c(Cl)c([N+](=O)[O-])c1Cl)c1cc([N+](=O)[O-])c(Cl)c([N+](=O)[O-])c1. The topological polar surface area (TPSA) is 216 Å². The van der Waals surface area contributed by atoms with Gasteiger partial charge in [0.2, 0.25) is 0 Å². The molecule has 166 valence electrons. The molecular formula is C14H3Cl3N4O11. The average molecular weight is 510 g/mol. The first-order valence-electron chi connectivity index (χ1n) is 7.47. The largest absolute Gasteiger partial charge is 0.386 e. The quantitative estimate of drug-likeness (QED) is 0.231. The van der Waals surface area contributed by atoms with E-state index in [-0.39, 0.29) is 0 Å². The number of hydrogen-bond donors (Lipinski definition) is 0. The molecule has 0 radical (unpaired) electrons. The molecule has 0 aliphatic heterocycles. The maximum Gasteiger partial charge on any atom is 0.348 e. The van der Waals surface area contributed by atoms with Gasteiger partial charge >= 0.3 is 17.6 Å². The Kier molecular flexibility index (Phi) is 6.87. The summed E-state index contributed by atoms with van der Waals surface area (Å²) in [6, 6.07) is 1.35. The first-order valence-corrected chi connectivity index (χ1v) is 8.60. The van der Waals surface area contributed by atoms with E-state index in [0.717, 1.165) is 0 Å². The van der Waals surface area contributed by atoms with Crippen molar-refractivity contribution >= 4 is 69.5 Å². The zero-order valence-corrected chi connectivity index (χ0v) is 16.9. The van der Waals surface area contributed by atoms with Gasteiger partial charge in [0.1, 0.15) is 5.02 Å². The van der Waals surface area contributed by atoms with Crippen molar-refractivity contribution in [2.45, 2.75) is 0 Å². The first-order chi connectivity index (χ1) is 14.8. The molecule has 32 heavy (non-hydrogen) atoms. The van der Waals surface area contributed by atoms with Gasteiger partial charge in [-0.05, 0) is 0 Å². The van der Waals surface area contributed by atoms with Gasteiger partial charge in [-0.1, -0.05) is 34.8 Å². The van der Waals surface area contributed by atoms with Gasteiger partial charge in [0.15, 0.2) is 10.0 Å². The molecule has 18 heteroatoms. The van der Waals surface area contributed by atoms with Gasteiger partial charge in [0.05, 0.1) is 30.8 Å².